The molecule has 1 atom stereocenters. The van der Waals surface area contributed by atoms with Crippen LogP contribution in [0.3, 0.4) is 0 Å². The molecule has 130 valence electrons. The lowest BCUT2D eigenvalue weighted by Crippen LogP contribution is -2.24. The van der Waals surface area contributed by atoms with Crippen LogP contribution in [0.2, 0.25) is 0 Å². The van der Waals surface area contributed by atoms with Gasteiger partial charge in [0, 0.05) is 30.8 Å². The molecule has 2 aliphatic rings. The van der Waals surface area contributed by atoms with Crippen LogP contribution in [0.5, 0.6) is 0 Å². The van der Waals surface area contributed by atoms with Gasteiger partial charge in [0.15, 0.2) is 0 Å². The van der Waals surface area contributed by atoms with Gasteiger partial charge in [0.2, 0.25) is 0 Å². The lowest BCUT2D eigenvalue weighted by molar-refractivity contribution is 0.240. The first kappa shape index (κ1) is 15.1. The maximum absolute atomic E-state index is 4.88. The molecule has 0 radical (unpaired) electrons. The third-order valence-electron chi connectivity index (χ3n) is 5.74. The van der Waals surface area contributed by atoms with E-state index in [4.69, 9.17) is 4.98 Å². The van der Waals surface area contributed by atoms with Crippen molar-refractivity contribution in [2.45, 2.75) is 51.1 Å². The largest absolute Gasteiger partial charge is 0.341 e. The zero-order valence-corrected chi connectivity index (χ0v) is 15.0. The quantitative estimate of drug-likeness (QED) is 0.788. The SMILES string of the molecule is Cc1ccc2nc(C3CCCN3Cc3cnn(C)c3C3CC3)[nH]c2c1. The summed E-state index contributed by atoms with van der Waals surface area (Å²) in [4.78, 5) is 11.0. The number of H-pyrrole nitrogens is 1. The summed E-state index contributed by atoms with van der Waals surface area (Å²) in [5, 5.41) is 4.53. The first-order valence-electron chi connectivity index (χ1n) is 9.40. The fraction of sp³-hybridized carbons (Fsp3) is 0.500. The Bertz CT molecular complexity index is 917. The molecule has 0 bridgehead atoms. The molecular weight excluding hydrogens is 310 g/mol. The molecule has 25 heavy (non-hydrogen) atoms. The highest BCUT2D eigenvalue weighted by Gasteiger charge is 2.33. The van der Waals surface area contributed by atoms with Gasteiger partial charge in [-0.1, -0.05) is 6.07 Å². The number of aryl methyl sites for hydroxylation is 2. The fourth-order valence-corrected chi connectivity index (χ4v) is 4.34. The van der Waals surface area contributed by atoms with E-state index in [0.29, 0.717) is 6.04 Å². The molecule has 0 spiro atoms. The van der Waals surface area contributed by atoms with Crippen molar-refractivity contribution in [2.24, 2.45) is 7.05 Å². The molecule has 0 amide bonds. The van der Waals surface area contributed by atoms with Gasteiger partial charge < -0.3 is 4.98 Å². The summed E-state index contributed by atoms with van der Waals surface area (Å²) in [6.07, 6.45) is 7.13. The first-order chi connectivity index (χ1) is 12.2. The standard InChI is InChI=1S/C20H25N5/c1-13-5-8-16-17(10-13)23-20(22-16)18-4-3-9-25(18)12-15-11-21-24(2)19(15)14-6-7-14/h5,8,10-11,14,18H,3-4,6-7,9,12H2,1-2H3,(H,22,23). The molecule has 5 heteroatoms. The molecule has 2 fully saturated rings. The number of imidazole rings is 1. The van der Waals surface area contributed by atoms with Crippen molar-refractivity contribution in [3.05, 3.63) is 47.0 Å². The molecule has 1 saturated carbocycles. The Morgan fingerprint density at radius 3 is 2.96 bits per heavy atom. The van der Waals surface area contributed by atoms with Crippen LogP contribution < -0.4 is 0 Å². The number of hydrogen-bond acceptors (Lipinski definition) is 3. The third-order valence-corrected chi connectivity index (χ3v) is 5.74. The van der Waals surface area contributed by atoms with Crippen molar-refractivity contribution in [1.29, 1.82) is 0 Å². The zero-order valence-electron chi connectivity index (χ0n) is 15.0. The van der Waals surface area contributed by atoms with Gasteiger partial charge >= 0.3 is 0 Å². The molecule has 1 unspecified atom stereocenters. The van der Waals surface area contributed by atoms with E-state index in [2.05, 4.69) is 58.0 Å². The van der Waals surface area contributed by atoms with E-state index < -0.39 is 0 Å². The van der Waals surface area contributed by atoms with Gasteiger partial charge in [-0.25, -0.2) is 4.98 Å². The lowest BCUT2D eigenvalue weighted by Gasteiger charge is -2.23. The molecule has 3 aromatic rings. The summed E-state index contributed by atoms with van der Waals surface area (Å²) in [7, 11) is 2.08. The van der Waals surface area contributed by atoms with E-state index in [1.807, 2.05) is 0 Å². The molecule has 5 nitrogen and oxygen atoms in total. The van der Waals surface area contributed by atoms with Crippen LogP contribution in [0.4, 0.5) is 0 Å². The van der Waals surface area contributed by atoms with Crippen LogP contribution in [0.25, 0.3) is 11.0 Å². The maximum Gasteiger partial charge on any atom is 0.124 e. The molecule has 1 saturated heterocycles. The predicted molar refractivity (Wildman–Crippen MR) is 98.4 cm³/mol. The van der Waals surface area contributed by atoms with Crippen molar-refractivity contribution < 1.29 is 0 Å². The van der Waals surface area contributed by atoms with Crippen LogP contribution >= 0.6 is 0 Å². The summed E-state index contributed by atoms with van der Waals surface area (Å²) in [6.45, 7) is 4.25. The van der Waals surface area contributed by atoms with Gasteiger partial charge in [-0.2, -0.15) is 5.10 Å². The predicted octanol–water partition coefficient (Wildman–Crippen LogP) is 3.82. The van der Waals surface area contributed by atoms with Gasteiger partial charge in [0.05, 0.1) is 23.3 Å². The molecule has 5 rings (SSSR count). The monoisotopic (exact) mass is 335 g/mol. The summed E-state index contributed by atoms with van der Waals surface area (Å²) in [5.41, 5.74) is 6.36. The molecular formula is C20H25N5. The normalized spacial score (nSPS) is 21.4. The minimum absolute atomic E-state index is 0.389. The lowest BCUT2D eigenvalue weighted by atomic mass is 10.1. The van der Waals surface area contributed by atoms with Gasteiger partial charge in [0.25, 0.3) is 0 Å². The number of hydrogen-bond donors (Lipinski definition) is 1. The van der Waals surface area contributed by atoms with Crippen LogP contribution in [0.1, 0.15) is 60.3 Å². The molecule has 1 aliphatic carbocycles. The number of benzene rings is 1. The van der Waals surface area contributed by atoms with E-state index in [1.165, 1.54) is 42.5 Å². The van der Waals surface area contributed by atoms with Gasteiger partial charge in [0.1, 0.15) is 5.82 Å². The zero-order chi connectivity index (χ0) is 17.0. The fourth-order valence-electron chi connectivity index (χ4n) is 4.34. The van der Waals surface area contributed by atoms with E-state index in [9.17, 15) is 0 Å². The van der Waals surface area contributed by atoms with Gasteiger partial charge in [-0.3, -0.25) is 9.58 Å². The highest BCUT2D eigenvalue weighted by molar-refractivity contribution is 5.75. The molecule has 1 aliphatic heterocycles. The topological polar surface area (TPSA) is 49.7 Å². The summed E-state index contributed by atoms with van der Waals surface area (Å²) in [6, 6.07) is 6.84. The number of rotatable bonds is 4. The summed E-state index contributed by atoms with van der Waals surface area (Å²) >= 11 is 0. The number of aromatic amines is 1. The van der Waals surface area contributed by atoms with Crippen LogP contribution in [0.15, 0.2) is 24.4 Å². The van der Waals surface area contributed by atoms with E-state index >= 15 is 0 Å². The minimum Gasteiger partial charge on any atom is -0.341 e. The van der Waals surface area contributed by atoms with Crippen molar-refractivity contribution in [2.75, 3.05) is 6.54 Å². The van der Waals surface area contributed by atoms with Crippen LogP contribution in [-0.4, -0.2) is 31.2 Å². The average Bonchev–Trinajstić information content (AvgIpc) is 3.02. The Morgan fingerprint density at radius 1 is 1.24 bits per heavy atom. The number of nitrogens with one attached hydrogen (secondary N) is 1. The van der Waals surface area contributed by atoms with Crippen LogP contribution in [-0.2, 0) is 13.6 Å². The van der Waals surface area contributed by atoms with Crippen molar-refractivity contribution in [3.63, 3.8) is 0 Å². The maximum atomic E-state index is 4.88. The second kappa shape index (κ2) is 5.70. The third kappa shape index (κ3) is 2.67. The van der Waals surface area contributed by atoms with Crippen LogP contribution in [0, 0.1) is 6.92 Å². The van der Waals surface area contributed by atoms with Gasteiger partial charge in [-0.05, 0) is 56.8 Å². The first-order valence-corrected chi connectivity index (χ1v) is 9.40. The Hall–Kier alpha value is -2.14. The molecule has 1 N–H and O–H groups in total. The van der Waals surface area contributed by atoms with Crippen molar-refractivity contribution >= 4 is 11.0 Å². The second-order valence-corrected chi connectivity index (χ2v) is 7.72. The number of fused-ring (bicyclic) bond motifs is 1. The summed E-state index contributed by atoms with van der Waals surface area (Å²) < 4.78 is 2.09. The Morgan fingerprint density at radius 2 is 2.12 bits per heavy atom. The minimum atomic E-state index is 0.389. The Kier molecular flexibility index (Phi) is 3.45. The Balaban J connectivity index is 1.43. The smallest absolute Gasteiger partial charge is 0.124 e. The molecule has 3 heterocycles. The van der Waals surface area contributed by atoms with Crippen molar-refractivity contribution in [3.8, 4) is 0 Å². The van der Waals surface area contributed by atoms with E-state index in [-0.39, 0.29) is 0 Å². The average molecular weight is 335 g/mol. The summed E-state index contributed by atoms with van der Waals surface area (Å²) in [5.74, 6) is 1.85. The Labute approximate surface area is 148 Å². The molecule has 2 aromatic heterocycles. The highest BCUT2D eigenvalue weighted by atomic mass is 15.3. The number of aromatic nitrogens is 4. The van der Waals surface area contributed by atoms with E-state index in [1.54, 1.807) is 0 Å². The highest BCUT2D eigenvalue weighted by Crippen LogP contribution is 2.42. The van der Waals surface area contributed by atoms with Gasteiger partial charge in [-0.15, -0.1) is 0 Å². The van der Waals surface area contributed by atoms with E-state index in [0.717, 1.165) is 35.9 Å². The van der Waals surface area contributed by atoms with Crippen molar-refractivity contribution in [1.82, 2.24) is 24.6 Å². The number of nitrogens with zero attached hydrogens (tertiary/aromatic N) is 4. The second-order valence-electron chi connectivity index (χ2n) is 7.72. The molecule has 1 aromatic carbocycles. The number of likely N-dealkylation sites (tertiary alicyclic amines) is 1.